The fraction of sp³-hybridized carbons (Fsp3) is 0.500. The predicted molar refractivity (Wildman–Crippen MR) is 29.7 cm³/mol. The zero-order valence-electron chi connectivity index (χ0n) is 4.60. The van der Waals surface area contributed by atoms with Gasteiger partial charge in [0, 0.05) is 0 Å². The van der Waals surface area contributed by atoms with Crippen molar-refractivity contribution >= 4 is 9.76 Å². The molecule has 0 aromatic heterocycles. The van der Waals surface area contributed by atoms with Crippen molar-refractivity contribution in [2.75, 3.05) is 0 Å². The van der Waals surface area contributed by atoms with E-state index in [9.17, 15) is 5.26 Å². The minimum Gasteiger partial charge on any atom is -0.258 e. The summed E-state index contributed by atoms with van der Waals surface area (Å²) in [5.41, 5.74) is 3.04. The monoisotopic (exact) mass is 117 g/mol. The maximum absolute atomic E-state index is 9.35. The van der Waals surface area contributed by atoms with Crippen LogP contribution < -0.4 is 0 Å². The van der Waals surface area contributed by atoms with Gasteiger partial charge in [-0.15, -0.1) is 0 Å². The van der Waals surface area contributed by atoms with E-state index in [1.54, 1.807) is 0 Å². The molecule has 0 fully saturated rings. The highest BCUT2D eigenvalue weighted by atomic mass is 28.2. The molecule has 7 heavy (non-hydrogen) atoms. The minimum atomic E-state index is -0.843. The Morgan fingerprint density at radius 1 is 1.71 bits per heavy atom. The standard InChI is InChI=1S/C4H9O2Si/c1-4(2)3-7-6-5/h3H,7H2,1-2H3. The average molecular weight is 117 g/mol. The van der Waals surface area contributed by atoms with Gasteiger partial charge in [0.05, 0.1) is 0 Å². The Bertz CT molecular complexity index is 66.1. The summed E-state index contributed by atoms with van der Waals surface area (Å²) in [5.74, 6) is 0. The van der Waals surface area contributed by atoms with Gasteiger partial charge in [0.15, 0.2) is 0 Å². The van der Waals surface area contributed by atoms with Crippen LogP contribution in [0.4, 0.5) is 0 Å². The molecular weight excluding hydrogens is 108 g/mol. The van der Waals surface area contributed by atoms with E-state index < -0.39 is 9.76 Å². The van der Waals surface area contributed by atoms with E-state index in [4.69, 9.17) is 0 Å². The van der Waals surface area contributed by atoms with Crippen molar-refractivity contribution < 1.29 is 9.83 Å². The molecule has 2 nitrogen and oxygen atoms in total. The summed E-state index contributed by atoms with van der Waals surface area (Å²) in [5, 5.41) is 9.35. The summed E-state index contributed by atoms with van der Waals surface area (Å²) >= 11 is 0. The molecule has 0 spiro atoms. The molecule has 0 aromatic rings. The largest absolute Gasteiger partial charge is 0.258 e. The Morgan fingerprint density at radius 3 is 2.43 bits per heavy atom. The van der Waals surface area contributed by atoms with Crippen LogP contribution in [0.15, 0.2) is 11.3 Å². The highest BCUT2D eigenvalue weighted by Crippen LogP contribution is 1.84. The van der Waals surface area contributed by atoms with Gasteiger partial charge in [-0.25, -0.2) is 0 Å². The number of hydrogen-bond donors (Lipinski definition) is 0. The Morgan fingerprint density at radius 2 is 2.29 bits per heavy atom. The quantitative estimate of drug-likeness (QED) is 0.291. The van der Waals surface area contributed by atoms with E-state index in [1.165, 1.54) is 5.57 Å². The first kappa shape index (κ1) is 6.88. The summed E-state index contributed by atoms with van der Waals surface area (Å²) in [7, 11) is -0.843. The zero-order valence-corrected chi connectivity index (χ0v) is 6.02. The fourth-order valence-corrected chi connectivity index (χ4v) is 0.602. The van der Waals surface area contributed by atoms with Gasteiger partial charge in [-0.1, -0.05) is 11.3 Å². The van der Waals surface area contributed by atoms with Gasteiger partial charge in [0.1, 0.15) is 0 Å². The van der Waals surface area contributed by atoms with Crippen LogP contribution in [0.1, 0.15) is 13.8 Å². The maximum atomic E-state index is 9.35. The smallest absolute Gasteiger partial charge is 0.236 e. The van der Waals surface area contributed by atoms with E-state index in [0.29, 0.717) is 0 Å². The van der Waals surface area contributed by atoms with Crippen molar-refractivity contribution in [3.8, 4) is 0 Å². The molecule has 1 radical (unpaired) electrons. The molecule has 0 aliphatic heterocycles. The Labute approximate surface area is 45.7 Å². The molecule has 0 aliphatic carbocycles. The van der Waals surface area contributed by atoms with Crippen LogP contribution in [0.25, 0.3) is 0 Å². The third-order valence-electron chi connectivity index (χ3n) is 0.560. The van der Waals surface area contributed by atoms with Crippen molar-refractivity contribution in [2.45, 2.75) is 13.8 Å². The van der Waals surface area contributed by atoms with Gasteiger partial charge in [-0.3, -0.25) is 4.58 Å². The molecule has 0 aliphatic rings. The van der Waals surface area contributed by atoms with Gasteiger partial charge >= 0.3 is 0 Å². The lowest BCUT2D eigenvalue weighted by Gasteiger charge is -1.82. The lowest BCUT2D eigenvalue weighted by molar-refractivity contribution is -0.208. The molecule has 3 heteroatoms. The van der Waals surface area contributed by atoms with E-state index in [-0.39, 0.29) is 0 Å². The highest BCUT2D eigenvalue weighted by Gasteiger charge is 1.77. The van der Waals surface area contributed by atoms with Crippen molar-refractivity contribution in [3.05, 3.63) is 11.3 Å². The lowest BCUT2D eigenvalue weighted by Crippen LogP contribution is -1.86. The maximum Gasteiger partial charge on any atom is 0.236 e. The van der Waals surface area contributed by atoms with Crippen molar-refractivity contribution in [3.63, 3.8) is 0 Å². The third-order valence-corrected chi connectivity index (χ3v) is 1.68. The lowest BCUT2D eigenvalue weighted by atomic mass is 10.4. The summed E-state index contributed by atoms with van der Waals surface area (Å²) < 4.78 is 3.67. The van der Waals surface area contributed by atoms with Gasteiger partial charge in [-0.2, -0.15) is 0 Å². The summed E-state index contributed by atoms with van der Waals surface area (Å²) in [4.78, 5) is 0. The van der Waals surface area contributed by atoms with Crippen LogP contribution >= 0.6 is 0 Å². The number of rotatable bonds is 2. The number of allylic oxidation sites excluding steroid dienone is 1. The van der Waals surface area contributed by atoms with Crippen LogP contribution in [-0.4, -0.2) is 9.76 Å². The van der Waals surface area contributed by atoms with Crippen LogP contribution in [0.2, 0.25) is 0 Å². The van der Waals surface area contributed by atoms with Gasteiger partial charge < -0.3 is 0 Å². The zero-order chi connectivity index (χ0) is 5.70. The van der Waals surface area contributed by atoms with Gasteiger partial charge in [0.25, 0.3) is 0 Å². The van der Waals surface area contributed by atoms with Gasteiger partial charge in [0.2, 0.25) is 9.76 Å². The second-order valence-electron chi connectivity index (χ2n) is 1.57. The molecule has 0 saturated heterocycles. The molecule has 0 aromatic carbocycles. The molecule has 0 bridgehead atoms. The van der Waals surface area contributed by atoms with E-state index in [1.807, 2.05) is 19.5 Å². The second kappa shape index (κ2) is 4.05. The molecular formula is C4H9O2Si. The molecule has 0 atom stereocenters. The first-order valence-electron chi connectivity index (χ1n) is 2.15. The molecule has 41 valence electrons. The van der Waals surface area contributed by atoms with Crippen LogP contribution in [0.5, 0.6) is 0 Å². The Hall–Kier alpha value is -0.123. The Kier molecular flexibility index (Phi) is 3.98. The van der Waals surface area contributed by atoms with Crippen LogP contribution in [0.3, 0.4) is 0 Å². The van der Waals surface area contributed by atoms with E-state index in [2.05, 4.69) is 4.58 Å². The molecule has 0 amide bonds. The van der Waals surface area contributed by atoms with Crippen LogP contribution in [0, 0.1) is 0 Å². The SMILES string of the molecule is CC(C)=C[SiH2]O[O]. The molecule has 0 unspecified atom stereocenters. The van der Waals surface area contributed by atoms with Crippen molar-refractivity contribution in [1.82, 2.24) is 0 Å². The summed E-state index contributed by atoms with van der Waals surface area (Å²) in [6, 6.07) is 0. The van der Waals surface area contributed by atoms with Crippen LogP contribution in [-0.2, 0) is 9.83 Å². The van der Waals surface area contributed by atoms with E-state index in [0.717, 1.165) is 0 Å². The topological polar surface area (TPSA) is 29.1 Å². The Balaban J connectivity index is 3.08. The van der Waals surface area contributed by atoms with E-state index >= 15 is 0 Å². The normalized spacial score (nSPS) is 10.1. The fourth-order valence-electron chi connectivity index (χ4n) is 0.201. The third kappa shape index (κ3) is 5.88. The number of hydrogen-bond acceptors (Lipinski definition) is 1. The first-order valence-corrected chi connectivity index (χ1v) is 3.55. The summed E-state index contributed by atoms with van der Waals surface area (Å²) in [6.07, 6.45) is 0. The second-order valence-corrected chi connectivity index (χ2v) is 2.54. The van der Waals surface area contributed by atoms with Crippen molar-refractivity contribution in [2.24, 2.45) is 0 Å². The average Bonchev–Trinajstić information content (AvgIpc) is 1.61. The summed E-state index contributed by atoms with van der Waals surface area (Å²) in [6.45, 7) is 3.90. The molecule has 0 heterocycles. The minimum absolute atomic E-state index is 0.843. The van der Waals surface area contributed by atoms with Gasteiger partial charge in [-0.05, 0) is 19.1 Å². The highest BCUT2D eigenvalue weighted by molar-refractivity contribution is 6.34. The molecule has 0 rings (SSSR count). The predicted octanol–water partition coefficient (Wildman–Crippen LogP) is 0.356. The van der Waals surface area contributed by atoms with Crippen molar-refractivity contribution in [1.29, 1.82) is 0 Å². The molecule has 0 N–H and O–H groups in total. The first-order chi connectivity index (χ1) is 3.27. The molecule has 0 saturated carbocycles.